The number of esters is 1. The molecule has 1 amide bonds. The Morgan fingerprint density at radius 3 is 2.53 bits per heavy atom. The van der Waals surface area contributed by atoms with Crippen molar-refractivity contribution in [1.82, 2.24) is 5.43 Å². The van der Waals surface area contributed by atoms with Crippen molar-refractivity contribution in [3.8, 4) is 11.5 Å². The minimum absolute atomic E-state index is 0.318. The topological polar surface area (TPSA) is 77.0 Å². The Morgan fingerprint density at radius 2 is 1.81 bits per heavy atom. The third kappa shape index (κ3) is 6.28. The van der Waals surface area contributed by atoms with Gasteiger partial charge in [-0.25, -0.2) is 10.2 Å². The maximum absolute atomic E-state index is 12.6. The molecule has 0 heterocycles. The molecular formula is C25H23BrN2O4. The van der Waals surface area contributed by atoms with Gasteiger partial charge in [0.15, 0.2) is 0 Å². The Balaban J connectivity index is 1.70. The van der Waals surface area contributed by atoms with Crippen LogP contribution < -0.4 is 14.9 Å². The Labute approximate surface area is 195 Å². The lowest BCUT2D eigenvalue weighted by Crippen LogP contribution is -2.18. The van der Waals surface area contributed by atoms with Gasteiger partial charge in [-0.1, -0.05) is 41.1 Å². The maximum Gasteiger partial charge on any atom is 0.343 e. The first-order valence-electron chi connectivity index (χ1n) is 10.1. The van der Waals surface area contributed by atoms with E-state index in [1.165, 1.54) is 6.21 Å². The van der Waals surface area contributed by atoms with Gasteiger partial charge in [-0.3, -0.25) is 4.79 Å². The second kappa shape index (κ2) is 11.2. The van der Waals surface area contributed by atoms with Gasteiger partial charge in [-0.15, -0.1) is 0 Å². The van der Waals surface area contributed by atoms with Crippen LogP contribution >= 0.6 is 15.9 Å². The van der Waals surface area contributed by atoms with E-state index >= 15 is 0 Å². The fraction of sp³-hybridized carbons (Fsp3) is 0.160. The number of rotatable bonds is 8. The summed E-state index contributed by atoms with van der Waals surface area (Å²) in [5, 5.41) is 4.03. The smallest absolute Gasteiger partial charge is 0.343 e. The van der Waals surface area contributed by atoms with Crippen LogP contribution in [0.1, 0.15) is 45.2 Å². The highest BCUT2D eigenvalue weighted by molar-refractivity contribution is 9.10. The van der Waals surface area contributed by atoms with Crippen LogP contribution in [0.4, 0.5) is 0 Å². The van der Waals surface area contributed by atoms with E-state index in [0.29, 0.717) is 34.8 Å². The van der Waals surface area contributed by atoms with Crippen LogP contribution in [0.3, 0.4) is 0 Å². The largest absolute Gasteiger partial charge is 0.494 e. The van der Waals surface area contributed by atoms with Gasteiger partial charge >= 0.3 is 5.97 Å². The van der Waals surface area contributed by atoms with Crippen molar-refractivity contribution in [2.75, 3.05) is 6.61 Å². The lowest BCUT2D eigenvalue weighted by atomic mass is 10.1. The summed E-state index contributed by atoms with van der Waals surface area (Å²) in [4.78, 5) is 24.9. The van der Waals surface area contributed by atoms with Crippen molar-refractivity contribution in [3.63, 3.8) is 0 Å². The quantitative estimate of drug-likeness (QED) is 0.193. The second-order valence-electron chi connectivity index (χ2n) is 6.96. The maximum atomic E-state index is 12.6. The minimum atomic E-state index is -0.507. The van der Waals surface area contributed by atoms with E-state index in [0.717, 1.165) is 16.5 Å². The first-order valence-corrected chi connectivity index (χ1v) is 10.9. The van der Waals surface area contributed by atoms with Crippen LogP contribution in [-0.2, 0) is 0 Å². The van der Waals surface area contributed by atoms with Crippen molar-refractivity contribution in [3.05, 3.63) is 93.5 Å². The highest BCUT2D eigenvalue weighted by Gasteiger charge is 2.12. The zero-order valence-corrected chi connectivity index (χ0v) is 19.4. The predicted molar refractivity (Wildman–Crippen MR) is 128 cm³/mol. The van der Waals surface area contributed by atoms with Gasteiger partial charge < -0.3 is 9.47 Å². The van der Waals surface area contributed by atoms with Crippen LogP contribution in [0.5, 0.6) is 11.5 Å². The zero-order valence-electron chi connectivity index (χ0n) is 17.8. The molecule has 0 bridgehead atoms. The highest BCUT2D eigenvalue weighted by Crippen LogP contribution is 2.23. The molecule has 164 valence electrons. The summed E-state index contributed by atoms with van der Waals surface area (Å²) >= 11 is 3.40. The molecular weight excluding hydrogens is 472 g/mol. The minimum Gasteiger partial charge on any atom is -0.494 e. The molecule has 0 aliphatic rings. The number of nitrogens with zero attached hydrogens (tertiary/aromatic N) is 1. The molecule has 0 aromatic heterocycles. The number of carbonyl (C=O) groups excluding carboxylic acids is 2. The molecule has 0 saturated carbocycles. The number of hydrogen-bond donors (Lipinski definition) is 1. The van der Waals surface area contributed by atoms with Gasteiger partial charge in [-0.2, -0.15) is 5.10 Å². The molecule has 0 unspecified atom stereocenters. The summed E-state index contributed by atoms with van der Waals surface area (Å²) in [7, 11) is 0. The summed E-state index contributed by atoms with van der Waals surface area (Å²) in [6, 6.07) is 19.2. The lowest BCUT2D eigenvalue weighted by Gasteiger charge is -2.09. The van der Waals surface area contributed by atoms with Gasteiger partial charge in [0.25, 0.3) is 5.91 Å². The molecule has 0 radical (unpaired) electrons. The van der Waals surface area contributed by atoms with Crippen LogP contribution in [-0.4, -0.2) is 24.7 Å². The number of carbonyl (C=O) groups is 2. The number of aryl methyl sites for hydroxylation is 1. The molecule has 3 rings (SSSR count). The number of nitrogens with one attached hydrogen (secondary N) is 1. The summed E-state index contributed by atoms with van der Waals surface area (Å²) < 4.78 is 11.9. The molecule has 3 aromatic rings. The van der Waals surface area contributed by atoms with Crippen molar-refractivity contribution < 1.29 is 19.1 Å². The van der Waals surface area contributed by atoms with Crippen molar-refractivity contribution >= 4 is 34.0 Å². The van der Waals surface area contributed by atoms with Crippen molar-refractivity contribution in [2.24, 2.45) is 5.10 Å². The Hall–Kier alpha value is -3.45. The van der Waals surface area contributed by atoms with Crippen molar-refractivity contribution in [2.45, 2.75) is 20.3 Å². The molecule has 0 aliphatic heterocycles. The van der Waals surface area contributed by atoms with Gasteiger partial charge in [0.1, 0.15) is 11.5 Å². The van der Waals surface area contributed by atoms with Crippen LogP contribution in [0.25, 0.3) is 0 Å². The lowest BCUT2D eigenvalue weighted by molar-refractivity contribution is 0.0734. The fourth-order valence-electron chi connectivity index (χ4n) is 2.83. The summed E-state index contributed by atoms with van der Waals surface area (Å²) in [6.45, 7) is 4.50. The normalized spacial score (nSPS) is 10.7. The fourth-order valence-corrected chi connectivity index (χ4v) is 3.21. The number of hydrazone groups is 1. The monoisotopic (exact) mass is 494 g/mol. The number of amides is 1. The Morgan fingerprint density at radius 1 is 1.06 bits per heavy atom. The third-order valence-electron chi connectivity index (χ3n) is 4.50. The average Bonchev–Trinajstić information content (AvgIpc) is 2.80. The predicted octanol–water partition coefficient (Wildman–Crippen LogP) is 5.53. The zero-order chi connectivity index (χ0) is 22.9. The SMILES string of the molecule is CCCOc1ccc(C(=O)Oc2ccc(Br)cc2/C=N\NC(=O)c2ccccc2C)cc1. The number of ether oxygens (including phenoxy) is 2. The van der Waals surface area contributed by atoms with Gasteiger partial charge in [-0.05, 0) is 67.4 Å². The molecule has 32 heavy (non-hydrogen) atoms. The molecule has 0 atom stereocenters. The molecule has 0 spiro atoms. The second-order valence-corrected chi connectivity index (χ2v) is 7.87. The molecule has 0 fully saturated rings. The molecule has 3 aromatic carbocycles. The van der Waals surface area contributed by atoms with E-state index in [-0.39, 0.29) is 5.91 Å². The highest BCUT2D eigenvalue weighted by atomic mass is 79.9. The van der Waals surface area contributed by atoms with Gasteiger partial charge in [0, 0.05) is 15.6 Å². The standard InChI is InChI=1S/C25H23BrN2O4/c1-3-14-31-21-11-8-18(9-12-21)25(30)32-23-13-10-20(26)15-19(23)16-27-28-24(29)22-7-5-4-6-17(22)2/h4-13,15-16H,3,14H2,1-2H3,(H,28,29)/b27-16-. The van der Waals surface area contributed by atoms with Crippen LogP contribution in [0.2, 0.25) is 0 Å². The number of hydrogen-bond acceptors (Lipinski definition) is 5. The number of halogens is 1. The van der Waals surface area contributed by atoms with E-state index in [1.54, 1.807) is 54.6 Å². The Bertz CT molecular complexity index is 1130. The van der Waals surface area contributed by atoms with Crippen LogP contribution in [0, 0.1) is 6.92 Å². The van der Waals surface area contributed by atoms with Crippen LogP contribution in [0.15, 0.2) is 76.3 Å². The van der Waals surface area contributed by atoms with E-state index in [2.05, 4.69) is 26.5 Å². The molecule has 1 N–H and O–H groups in total. The molecule has 0 saturated heterocycles. The van der Waals surface area contributed by atoms with E-state index in [1.807, 2.05) is 26.0 Å². The summed E-state index contributed by atoms with van der Waals surface area (Å²) in [5.74, 6) is 0.189. The van der Waals surface area contributed by atoms with E-state index in [4.69, 9.17) is 9.47 Å². The van der Waals surface area contributed by atoms with Gasteiger partial charge in [0.05, 0.1) is 18.4 Å². The first kappa shape index (κ1) is 23.2. The number of benzene rings is 3. The first-order chi connectivity index (χ1) is 15.5. The van der Waals surface area contributed by atoms with Crippen molar-refractivity contribution in [1.29, 1.82) is 0 Å². The van der Waals surface area contributed by atoms with Gasteiger partial charge in [0.2, 0.25) is 0 Å². The third-order valence-corrected chi connectivity index (χ3v) is 4.99. The molecule has 7 heteroatoms. The Kier molecular flexibility index (Phi) is 8.16. The molecule has 0 aliphatic carbocycles. The summed E-state index contributed by atoms with van der Waals surface area (Å²) in [5.41, 5.74) is 4.82. The molecule has 6 nitrogen and oxygen atoms in total. The summed E-state index contributed by atoms with van der Waals surface area (Å²) in [6.07, 6.45) is 2.34. The van der Waals surface area contributed by atoms with E-state index < -0.39 is 5.97 Å². The average molecular weight is 495 g/mol. The van der Waals surface area contributed by atoms with E-state index in [9.17, 15) is 9.59 Å².